The SMILES string of the molecule is C=C/C(=C\C(C)=N/CNC(C)=O)C(C)NC(=O)c1cnc(NCC(F)(F)F)c(C)c1.[HH].[HH].[HH]. The molecule has 3 N–H and O–H groups in total. The summed E-state index contributed by atoms with van der Waals surface area (Å²) >= 11 is 0. The lowest BCUT2D eigenvalue weighted by Gasteiger charge is -2.16. The molecule has 2 amide bonds. The highest BCUT2D eigenvalue weighted by molar-refractivity contribution is 5.96. The van der Waals surface area contributed by atoms with Crippen molar-refractivity contribution in [3.63, 3.8) is 0 Å². The third-order valence-corrected chi connectivity index (χ3v) is 3.91. The van der Waals surface area contributed by atoms with Crippen LogP contribution in [0.2, 0.25) is 0 Å². The summed E-state index contributed by atoms with van der Waals surface area (Å²) < 4.78 is 37.0. The van der Waals surface area contributed by atoms with E-state index in [1.165, 1.54) is 19.2 Å². The predicted molar refractivity (Wildman–Crippen MR) is 117 cm³/mol. The Bertz CT molecular complexity index is 862. The summed E-state index contributed by atoms with van der Waals surface area (Å²) in [6, 6.07) is 1.05. The number of pyridine rings is 1. The Kier molecular flexibility index (Phi) is 9.22. The van der Waals surface area contributed by atoms with Crippen LogP contribution in [0.1, 0.15) is 41.0 Å². The normalized spacial score (nSPS) is 13.4. The van der Waals surface area contributed by atoms with E-state index in [1.54, 1.807) is 32.9 Å². The van der Waals surface area contributed by atoms with Crippen molar-refractivity contribution >= 4 is 23.3 Å². The van der Waals surface area contributed by atoms with Crippen LogP contribution < -0.4 is 16.0 Å². The largest absolute Gasteiger partial charge is 0.405 e. The number of amides is 2. The van der Waals surface area contributed by atoms with Crippen LogP contribution in [0.4, 0.5) is 19.0 Å². The van der Waals surface area contributed by atoms with Crippen LogP contribution in [0.5, 0.6) is 0 Å². The number of aryl methyl sites for hydroxylation is 1. The lowest BCUT2D eigenvalue weighted by molar-refractivity contribution is -0.119. The summed E-state index contributed by atoms with van der Waals surface area (Å²) in [5.41, 5.74) is 1.97. The quantitative estimate of drug-likeness (QED) is 0.408. The Labute approximate surface area is 178 Å². The molecule has 0 saturated heterocycles. The standard InChI is InChI=1S/C20H26F3N5O2.3H2/c1-6-16(8-13(3)26-11-27-15(5)29)14(4)28-19(30)17-7-12(2)18(24-9-17)25-10-20(21,22)23;;;/h6-9,14H,1,10-11H2,2-5H3,(H,24,25)(H,27,29)(H,28,30);3*1H/b16-8+,26-13-;;;. The van der Waals surface area contributed by atoms with E-state index in [9.17, 15) is 22.8 Å². The van der Waals surface area contributed by atoms with Gasteiger partial charge in [0.1, 0.15) is 19.0 Å². The van der Waals surface area contributed by atoms with Gasteiger partial charge in [-0.2, -0.15) is 13.2 Å². The van der Waals surface area contributed by atoms with Crippen LogP contribution in [0.3, 0.4) is 0 Å². The number of aliphatic imine (C=N–C) groups is 1. The highest BCUT2D eigenvalue weighted by atomic mass is 19.4. The van der Waals surface area contributed by atoms with E-state index < -0.39 is 24.7 Å². The molecule has 0 aliphatic carbocycles. The number of halogens is 3. The first kappa shape index (κ1) is 24.9. The third kappa shape index (κ3) is 8.89. The number of anilines is 1. The molecule has 30 heavy (non-hydrogen) atoms. The number of allylic oxidation sites excluding steroid dienone is 1. The first-order chi connectivity index (χ1) is 13.9. The molecule has 0 saturated carbocycles. The van der Waals surface area contributed by atoms with Gasteiger partial charge in [-0.05, 0) is 44.1 Å². The van der Waals surface area contributed by atoms with Crippen LogP contribution in [0.15, 0.2) is 41.6 Å². The van der Waals surface area contributed by atoms with Crippen LogP contribution in [0, 0.1) is 6.92 Å². The molecular weight excluding hydrogens is 399 g/mol. The number of nitrogens with one attached hydrogen (secondary N) is 3. The average molecular weight is 432 g/mol. The number of carbonyl (C=O) groups is 2. The summed E-state index contributed by atoms with van der Waals surface area (Å²) in [5, 5.41) is 7.54. The Morgan fingerprint density at radius 3 is 2.57 bits per heavy atom. The molecule has 1 rings (SSSR count). The van der Waals surface area contributed by atoms with Gasteiger partial charge in [0, 0.05) is 23.1 Å². The maximum atomic E-state index is 12.5. The van der Waals surface area contributed by atoms with Crippen LogP contribution >= 0.6 is 0 Å². The van der Waals surface area contributed by atoms with Crippen molar-refractivity contribution < 1.29 is 27.0 Å². The van der Waals surface area contributed by atoms with Crippen molar-refractivity contribution in [2.75, 3.05) is 18.5 Å². The number of hydrogen-bond acceptors (Lipinski definition) is 5. The molecule has 0 aliphatic rings. The van der Waals surface area contributed by atoms with Crippen molar-refractivity contribution in [2.24, 2.45) is 4.99 Å². The number of carbonyl (C=O) groups excluding carboxylic acids is 2. The van der Waals surface area contributed by atoms with Gasteiger partial charge in [0.25, 0.3) is 5.91 Å². The summed E-state index contributed by atoms with van der Waals surface area (Å²) in [5.74, 6) is -0.556. The maximum absolute atomic E-state index is 12.5. The number of rotatable bonds is 9. The second-order valence-electron chi connectivity index (χ2n) is 6.59. The fourth-order valence-electron chi connectivity index (χ4n) is 2.35. The first-order valence-corrected chi connectivity index (χ1v) is 9.10. The smallest absolute Gasteiger partial charge is 0.361 e. The summed E-state index contributed by atoms with van der Waals surface area (Å²) in [6.07, 6.45) is 0.158. The van der Waals surface area contributed by atoms with E-state index in [1.807, 2.05) is 0 Å². The van der Waals surface area contributed by atoms with Gasteiger partial charge >= 0.3 is 6.18 Å². The molecule has 1 atom stereocenters. The van der Waals surface area contributed by atoms with Crippen LogP contribution in [0.25, 0.3) is 0 Å². The number of alkyl halides is 3. The van der Waals surface area contributed by atoms with Gasteiger partial charge in [-0.1, -0.05) is 12.7 Å². The van der Waals surface area contributed by atoms with Gasteiger partial charge in [-0.3, -0.25) is 14.6 Å². The van der Waals surface area contributed by atoms with Gasteiger partial charge in [-0.15, -0.1) is 0 Å². The van der Waals surface area contributed by atoms with E-state index in [-0.39, 0.29) is 28.2 Å². The highest BCUT2D eigenvalue weighted by Crippen LogP contribution is 2.18. The van der Waals surface area contributed by atoms with Gasteiger partial charge in [0.2, 0.25) is 5.91 Å². The lowest BCUT2D eigenvalue weighted by atomic mass is 10.1. The zero-order chi connectivity index (χ0) is 22.9. The van der Waals surface area contributed by atoms with Crippen LogP contribution in [-0.4, -0.2) is 47.9 Å². The summed E-state index contributed by atoms with van der Waals surface area (Å²) in [4.78, 5) is 31.5. The zero-order valence-corrected chi connectivity index (χ0v) is 17.4. The van der Waals surface area contributed by atoms with E-state index in [4.69, 9.17) is 0 Å². The molecule has 1 unspecified atom stereocenters. The number of nitrogens with zero attached hydrogens (tertiary/aromatic N) is 2. The van der Waals surface area contributed by atoms with Crippen molar-refractivity contribution in [1.29, 1.82) is 0 Å². The Balaban J connectivity index is -0.00000300. The van der Waals surface area contributed by atoms with E-state index in [0.29, 0.717) is 16.8 Å². The second kappa shape index (κ2) is 11.1. The Hall–Kier alpha value is -3.17. The third-order valence-electron chi connectivity index (χ3n) is 3.91. The molecule has 10 heteroatoms. The molecule has 0 spiro atoms. The van der Waals surface area contributed by atoms with Gasteiger partial charge in [0.15, 0.2) is 0 Å². The highest BCUT2D eigenvalue weighted by Gasteiger charge is 2.27. The average Bonchev–Trinajstić information content (AvgIpc) is 2.63. The molecule has 0 fully saturated rings. The molecule has 0 aliphatic heterocycles. The summed E-state index contributed by atoms with van der Waals surface area (Å²) in [7, 11) is 0. The van der Waals surface area contributed by atoms with Gasteiger partial charge < -0.3 is 16.0 Å². The fraction of sp³-hybridized carbons (Fsp3) is 0.400. The maximum Gasteiger partial charge on any atom is 0.405 e. The van der Waals surface area contributed by atoms with E-state index in [0.717, 1.165) is 0 Å². The minimum atomic E-state index is -4.36. The van der Waals surface area contributed by atoms with Crippen LogP contribution in [-0.2, 0) is 4.79 Å². The van der Waals surface area contributed by atoms with Gasteiger partial charge in [0.05, 0.1) is 11.6 Å². The first-order valence-electron chi connectivity index (χ1n) is 9.10. The lowest BCUT2D eigenvalue weighted by Crippen LogP contribution is -2.34. The zero-order valence-electron chi connectivity index (χ0n) is 17.4. The second-order valence-corrected chi connectivity index (χ2v) is 6.59. The Morgan fingerprint density at radius 1 is 1.37 bits per heavy atom. The number of aromatic nitrogens is 1. The molecule has 1 heterocycles. The summed E-state index contributed by atoms with van der Waals surface area (Å²) in [6.45, 7) is 9.13. The van der Waals surface area contributed by atoms with E-state index in [2.05, 4.69) is 32.5 Å². The number of hydrogen-bond donors (Lipinski definition) is 3. The molecule has 0 radical (unpaired) electrons. The van der Waals surface area contributed by atoms with Crippen molar-refractivity contribution in [2.45, 2.75) is 39.9 Å². The molecule has 0 aromatic carbocycles. The predicted octanol–water partition coefficient (Wildman–Crippen LogP) is 3.89. The molecule has 7 nitrogen and oxygen atoms in total. The molecule has 0 bridgehead atoms. The fourth-order valence-corrected chi connectivity index (χ4v) is 2.35. The van der Waals surface area contributed by atoms with Crippen molar-refractivity contribution in [3.8, 4) is 0 Å². The minimum Gasteiger partial charge on any atom is -0.361 e. The molecule has 1 aromatic rings. The Morgan fingerprint density at radius 2 is 2.03 bits per heavy atom. The topological polar surface area (TPSA) is 95.5 Å². The van der Waals surface area contributed by atoms with Crippen molar-refractivity contribution in [3.05, 3.63) is 47.7 Å². The van der Waals surface area contributed by atoms with Gasteiger partial charge in [-0.25, -0.2) is 4.98 Å². The van der Waals surface area contributed by atoms with E-state index >= 15 is 0 Å². The molecule has 1 aromatic heterocycles. The molecule has 170 valence electrons. The monoisotopic (exact) mass is 431 g/mol. The minimum absolute atomic E-state index is 0. The molecular formula is C20H32F3N5O2. The van der Waals surface area contributed by atoms with Crippen molar-refractivity contribution in [1.82, 2.24) is 15.6 Å².